The van der Waals surface area contributed by atoms with Gasteiger partial charge in [-0.05, 0) is 42.5 Å². The number of aromatic amines is 1. The van der Waals surface area contributed by atoms with Gasteiger partial charge in [-0.15, -0.1) is 0 Å². The zero-order valence-corrected chi connectivity index (χ0v) is 16.0. The molecule has 7 heteroatoms. The van der Waals surface area contributed by atoms with E-state index in [1.807, 2.05) is 19.2 Å². The highest BCUT2D eigenvalue weighted by Gasteiger charge is 2.27. The fraction of sp³-hybridized carbons (Fsp3) is 0.250. The van der Waals surface area contributed by atoms with Gasteiger partial charge in [0.2, 0.25) is 0 Å². The van der Waals surface area contributed by atoms with Crippen LogP contribution in [0.2, 0.25) is 0 Å². The molecule has 0 unspecified atom stereocenters. The molecule has 1 aliphatic heterocycles. The highest BCUT2D eigenvalue weighted by atomic mass is 32.2. The number of H-pyrrole nitrogens is 1. The standard InChI is InChI=1S/C20H19N5OS/c1-13-19(15-5-3-14(9-21)4-6-15)20(26)25(23-13)18-8-7-16(10-22-18)17-11-24(12-17)27-2/h3-8,10,17,23H,11-12H2,1-2H3. The van der Waals surface area contributed by atoms with E-state index in [1.165, 1.54) is 10.2 Å². The summed E-state index contributed by atoms with van der Waals surface area (Å²) in [6.45, 7) is 3.93. The number of hydrogen-bond donors (Lipinski definition) is 1. The van der Waals surface area contributed by atoms with Crippen LogP contribution in [0.1, 0.15) is 22.7 Å². The molecule has 1 fully saturated rings. The van der Waals surface area contributed by atoms with E-state index in [-0.39, 0.29) is 5.56 Å². The largest absolute Gasteiger partial charge is 0.293 e. The van der Waals surface area contributed by atoms with Gasteiger partial charge < -0.3 is 0 Å². The molecule has 27 heavy (non-hydrogen) atoms. The second-order valence-corrected chi connectivity index (χ2v) is 7.50. The molecule has 4 rings (SSSR count). The predicted octanol–water partition coefficient (Wildman–Crippen LogP) is 3.08. The summed E-state index contributed by atoms with van der Waals surface area (Å²) in [5.41, 5.74) is 3.78. The number of aryl methyl sites for hydroxylation is 1. The third-order valence-corrected chi connectivity index (χ3v) is 5.77. The average molecular weight is 377 g/mol. The summed E-state index contributed by atoms with van der Waals surface area (Å²) < 4.78 is 3.78. The predicted molar refractivity (Wildman–Crippen MR) is 107 cm³/mol. The van der Waals surface area contributed by atoms with Crippen LogP contribution in [0.3, 0.4) is 0 Å². The zero-order chi connectivity index (χ0) is 19.0. The first-order valence-corrected chi connectivity index (χ1v) is 9.86. The highest BCUT2D eigenvalue weighted by Crippen LogP contribution is 2.30. The van der Waals surface area contributed by atoms with Gasteiger partial charge in [-0.3, -0.25) is 9.89 Å². The molecule has 6 nitrogen and oxygen atoms in total. The van der Waals surface area contributed by atoms with E-state index >= 15 is 0 Å². The van der Waals surface area contributed by atoms with E-state index in [1.54, 1.807) is 36.2 Å². The lowest BCUT2D eigenvalue weighted by Crippen LogP contribution is -2.39. The van der Waals surface area contributed by atoms with Crippen molar-refractivity contribution in [3.8, 4) is 23.0 Å². The number of benzene rings is 1. The van der Waals surface area contributed by atoms with Gasteiger partial charge in [0.25, 0.3) is 5.56 Å². The number of aromatic nitrogens is 3. The number of nitriles is 1. The summed E-state index contributed by atoms with van der Waals surface area (Å²) >= 11 is 1.76. The molecule has 3 heterocycles. The van der Waals surface area contributed by atoms with Crippen molar-refractivity contribution < 1.29 is 0 Å². The Hall–Kier alpha value is -2.82. The van der Waals surface area contributed by atoms with Crippen LogP contribution in [-0.4, -0.2) is 38.4 Å². The van der Waals surface area contributed by atoms with Gasteiger partial charge in [-0.1, -0.05) is 30.1 Å². The molecule has 2 aromatic heterocycles. The Labute approximate surface area is 161 Å². The molecule has 0 atom stereocenters. The molecule has 0 radical (unpaired) electrons. The van der Waals surface area contributed by atoms with Gasteiger partial charge in [0.1, 0.15) is 0 Å². The molecule has 136 valence electrons. The second-order valence-electron chi connectivity index (χ2n) is 6.62. The van der Waals surface area contributed by atoms with Crippen molar-refractivity contribution in [2.24, 2.45) is 0 Å². The number of hydrogen-bond acceptors (Lipinski definition) is 5. The molecule has 0 aliphatic carbocycles. The van der Waals surface area contributed by atoms with Crippen molar-refractivity contribution in [3.63, 3.8) is 0 Å². The molecular weight excluding hydrogens is 358 g/mol. The quantitative estimate of drug-likeness (QED) is 0.707. The van der Waals surface area contributed by atoms with Gasteiger partial charge in [0.15, 0.2) is 5.82 Å². The summed E-state index contributed by atoms with van der Waals surface area (Å²) in [4.78, 5) is 17.4. The minimum atomic E-state index is -0.144. The van der Waals surface area contributed by atoms with Crippen molar-refractivity contribution in [1.82, 2.24) is 19.1 Å². The summed E-state index contributed by atoms with van der Waals surface area (Å²) in [5.74, 6) is 1.09. The fourth-order valence-corrected chi connectivity index (χ4v) is 3.99. The summed E-state index contributed by atoms with van der Waals surface area (Å²) in [6, 6.07) is 13.1. The SMILES string of the molecule is CSN1CC(c2ccc(-n3[nH]c(C)c(-c4ccc(C#N)cc4)c3=O)nc2)C1. The first-order valence-electron chi connectivity index (χ1n) is 8.68. The molecule has 0 spiro atoms. The third kappa shape index (κ3) is 3.18. The van der Waals surface area contributed by atoms with Crippen molar-refractivity contribution in [2.75, 3.05) is 19.3 Å². The normalized spacial score (nSPS) is 14.7. The van der Waals surface area contributed by atoms with Crippen LogP contribution in [0, 0.1) is 18.3 Å². The molecule has 1 N–H and O–H groups in total. The Bertz CT molecular complexity index is 1050. The number of pyridine rings is 1. The summed E-state index contributed by atoms with van der Waals surface area (Å²) in [6.07, 6.45) is 3.95. The summed E-state index contributed by atoms with van der Waals surface area (Å²) in [7, 11) is 0. The lowest BCUT2D eigenvalue weighted by Gasteiger charge is -2.37. The van der Waals surface area contributed by atoms with Crippen molar-refractivity contribution in [1.29, 1.82) is 5.26 Å². The lowest BCUT2D eigenvalue weighted by atomic mass is 9.95. The number of rotatable bonds is 4. The average Bonchev–Trinajstić information content (AvgIpc) is 2.96. The van der Waals surface area contributed by atoms with E-state index in [0.29, 0.717) is 22.9 Å². The maximum Gasteiger partial charge on any atom is 0.280 e. The Morgan fingerprint density at radius 3 is 2.56 bits per heavy atom. The van der Waals surface area contributed by atoms with Crippen molar-refractivity contribution in [3.05, 3.63) is 69.8 Å². The summed E-state index contributed by atoms with van der Waals surface area (Å²) in [5, 5.41) is 12.1. The Balaban J connectivity index is 1.63. The smallest absolute Gasteiger partial charge is 0.280 e. The number of nitrogens with zero attached hydrogens (tertiary/aromatic N) is 4. The van der Waals surface area contributed by atoms with Crippen LogP contribution in [0.15, 0.2) is 47.4 Å². The molecule has 1 aliphatic rings. The van der Waals surface area contributed by atoms with Crippen LogP contribution < -0.4 is 5.56 Å². The maximum atomic E-state index is 12.9. The highest BCUT2D eigenvalue weighted by molar-refractivity contribution is 7.96. The minimum Gasteiger partial charge on any atom is -0.293 e. The Morgan fingerprint density at radius 2 is 1.96 bits per heavy atom. The maximum absolute atomic E-state index is 12.9. The Kier molecular flexibility index (Phi) is 4.60. The Morgan fingerprint density at radius 1 is 1.22 bits per heavy atom. The van der Waals surface area contributed by atoms with Gasteiger partial charge >= 0.3 is 0 Å². The first kappa shape index (κ1) is 17.6. The topological polar surface area (TPSA) is 77.7 Å². The number of nitrogens with one attached hydrogen (secondary N) is 1. The molecule has 3 aromatic rings. The van der Waals surface area contributed by atoms with Crippen LogP contribution in [0.4, 0.5) is 0 Å². The minimum absolute atomic E-state index is 0.144. The molecule has 0 amide bonds. The van der Waals surface area contributed by atoms with E-state index in [0.717, 1.165) is 24.3 Å². The lowest BCUT2D eigenvalue weighted by molar-refractivity contribution is 0.291. The van der Waals surface area contributed by atoms with Crippen LogP contribution in [0.25, 0.3) is 16.9 Å². The molecule has 0 saturated carbocycles. The molecular formula is C20H19N5OS. The van der Waals surface area contributed by atoms with Gasteiger partial charge in [-0.2, -0.15) is 5.26 Å². The van der Waals surface area contributed by atoms with E-state index in [9.17, 15) is 4.79 Å². The molecule has 0 bridgehead atoms. The second kappa shape index (κ2) is 7.06. The fourth-order valence-electron chi connectivity index (χ4n) is 3.33. The van der Waals surface area contributed by atoms with Gasteiger partial charge in [0.05, 0.1) is 17.2 Å². The monoisotopic (exact) mass is 377 g/mol. The molecule has 1 aromatic carbocycles. The van der Waals surface area contributed by atoms with Crippen LogP contribution in [-0.2, 0) is 0 Å². The molecule has 1 saturated heterocycles. The van der Waals surface area contributed by atoms with Crippen LogP contribution in [0.5, 0.6) is 0 Å². The van der Waals surface area contributed by atoms with Crippen molar-refractivity contribution >= 4 is 11.9 Å². The van der Waals surface area contributed by atoms with Gasteiger partial charge in [-0.25, -0.2) is 14.0 Å². The first-order chi connectivity index (χ1) is 13.1. The zero-order valence-electron chi connectivity index (χ0n) is 15.1. The van der Waals surface area contributed by atoms with Gasteiger partial charge in [0, 0.05) is 30.9 Å². The van der Waals surface area contributed by atoms with E-state index in [4.69, 9.17) is 5.26 Å². The van der Waals surface area contributed by atoms with E-state index < -0.39 is 0 Å². The van der Waals surface area contributed by atoms with Crippen molar-refractivity contribution in [2.45, 2.75) is 12.8 Å². The van der Waals surface area contributed by atoms with Crippen LogP contribution >= 0.6 is 11.9 Å². The third-order valence-electron chi connectivity index (χ3n) is 4.95. The van der Waals surface area contributed by atoms with E-state index in [2.05, 4.69) is 32.8 Å².